The molecule has 0 spiro atoms. The number of carbonyl (C=O) groups is 1. The van der Waals surface area contributed by atoms with Crippen LogP contribution in [0, 0.1) is 17.6 Å². The molecule has 6 heteroatoms. The van der Waals surface area contributed by atoms with Crippen LogP contribution < -0.4 is 0 Å². The minimum Gasteiger partial charge on any atom is -0.481 e. The van der Waals surface area contributed by atoms with Crippen molar-refractivity contribution in [1.29, 1.82) is 0 Å². The van der Waals surface area contributed by atoms with E-state index in [0.29, 0.717) is 28.8 Å². The number of carboxylic acid groups (broad SMARTS) is 1. The lowest BCUT2D eigenvalue weighted by Crippen LogP contribution is -2.26. The first-order chi connectivity index (χ1) is 16.8. The molecule has 1 N–H and O–H groups in total. The van der Waals surface area contributed by atoms with Gasteiger partial charge in [-0.05, 0) is 54.3 Å². The number of carboxylic acids is 1. The summed E-state index contributed by atoms with van der Waals surface area (Å²) in [6, 6.07) is 19.3. The number of rotatable bonds is 7. The van der Waals surface area contributed by atoms with E-state index in [9.17, 15) is 18.7 Å². The standard InChI is InChI=1S/C27H23F2NO3.C2H6/c1-17(18-8-5-10-21(28)13-18)23(26(31)32)15-19-7-3-4-12-24(19)27(2)16-25(30-33-27)20-9-6-11-22(29)14-20;1-2/h3-14,23H,1,15-16H2,2H3,(H,31,32);1-2H3/t23-,27?;/m1./s1. The minimum atomic E-state index is -1.05. The highest BCUT2D eigenvalue weighted by molar-refractivity contribution is 6.01. The molecule has 1 aliphatic heterocycles. The molecule has 1 heterocycles. The fourth-order valence-corrected chi connectivity index (χ4v) is 4.19. The van der Waals surface area contributed by atoms with Crippen LogP contribution >= 0.6 is 0 Å². The van der Waals surface area contributed by atoms with Gasteiger partial charge in [-0.25, -0.2) is 8.78 Å². The highest BCUT2D eigenvalue weighted by Crippen LogP contribution is 2.39. The average Bonchev–Trinajstić information content (AvgIpc) is 3.26. The van der Waals surface area contributed by atoms with Crippen LogP contribution in [0.25, 0.3) is 5.57 Å². The molecular weight excluding hydrogens is 448 g/mol. The van der Waals surface area contributed by atoms with E-state index in [2.05, 4.69) is 11.7 Å². The van der Waals surface area contributed by atoms with Crippen LogP contribution in [0.5, 0.6) is 0 Å². The summed E-state index contributed by atoms with van der Waals surface area (Å²) in [6.07, 6.45) is 0.547. The molecule has 182 valence electrons. The molecule has 3 aromatic carbocycles. The van der Waals surface area contributed by atoms with Crippen molar-refractivity contribution in [3.8, 4) is 0 Å². The van der Waals surface area contributed by atoms with E-state index in [0.717, 1.165) is 11.1 Å². The Hall–Kier alpha value is -3.80. The Bertz CT molecular complexity index is 1250. The first-order valence-corrected chi connectivity index (χ1v) is 11.5. The number of aliphatic carboxylic acids is 1. The maximum absolute atomic E-state index is 13.7. The Balaban J connectivity index is 0.00000167. The summed E-state index contributed by atoms with van der Waals surface area (Å²) < 4.78 is 27.4. The molecule has 2 atom stereocenters. The van der Waals surface area contributed by atoms with Gasteiger partial charge in [0.2, 0.25) is 0 Å². The van der Waals surface area contributed by atoms with Crippen molar-refractivity contribution in [2.75, 3.05) is 0 Å². The minimum absolute atomic E-state index is 0.148. The molecule has 4 rings (SSSR count). The number of halogens is 2. The molecule has 0 amide bonds. The van der Waals surface area contributed by atoms with Crippen molar-refractivity contribution >= 4 is 17.3 Å². The zero-order valence-corrected chi connectivity index (χ0v) is 20.1. The molecule has 0 aromatic heterocycles. The lowest BCUT2D eigenvalue weighted by molar-refractivity contribution is -0.139. The van der Waals surface area contributed by atoms with E-state index in [-0.39, 0.29) is 12.2 Å². The fraction of sp³-hybridized carbons (Fsp3) is 0.241. The van der Waals surface area contributed by atoms with Gasteiger partial charge in [0.1, 0.15) is 11.6 Å². The van der Waals surface area contributed by atoms with Gasteiger partial charge in [0, 0.05) is 17.5 Å². The lowest BCUT2D eigenvalue weighted by Gasteiger charge is -2.26. The third-order valence-corrected chi connectivity index (χ3v) is 5.95. The van der Waals surface area contributed by atoms with Gasteiger partial charge in [-0.2, -0.15) is 0 Å². The van der Waals surface area contributed by atoms with E-state index in [1.807, 2.05) is 45.0 Å². The number of nitrogens with zero attached hydrogens (tertiary/aromatic N) is 1. The van der Waals surface area contributed by atoms with Gasteiger partial charge in [0.25, 0.3) is 0 Å². The van der Waals surface area contributed by atoms with Crippen LogP contribution in [0.1, 0.15) is 49.4 Å². The highest BCUT2D eigenvalue weighted by Gasteiger charge is 2.39. The quantitative estimate of drug-likeness (QED) is 0.399. The highest BCUT2D eigenvalue weighted by atomic mass is 19.1. The predicted molar refractivity (Wildman–Crippen MR) is 134 cm³/mol. The van der Waals surface area contributed by atoms with Crippen LogP contribution in [0.3, 0.4) is 0 Å². The molecule has 1 unspecified atom stereocenters. The Morgan fingerprint density at radius 3 is 2.37 bits per heavy atom. The van der Waals surface area contributed by atoms with Gasteiger partial charge in [0.15, 0.2) is 5.60 Å². The maximum atomic E-state index is 13.7. The van der Waals surface area contributed by atoms with Crippen LogP contribution in [0.2, 0.25) is 0 Å². The number of oxime groups is 1. The summed E-state index contributed by atoms with van der Waals surface area (Å²) in [5.41, 5.74) is 2.73. The number of hydrogen-bond acceptors (Lipinski definition) is 3. The lowest BCUT2D eigenvalue weighted by atomic mass is 9.81. The molecule has 0 radical (unpaired) electrons. The zero-order valence-electron chi connectivity index (χ0n) is 20.1. The number of hydrogen-bond donors (Lipinski definition) is 1. The smallest absolute Gasteiger partial charge is 0.311 e. The predicted octanol–water partition coefficient (Wildman–Crippen LogP) is 6.99. The Kier molecular flexibility index (Phi) is 8.18. The van der Waals surface area contributed by atoms with Crippen molar-refractivity contribution in [2.45, 2.75) is 39.2 Å². The van der Waals surface area contributed by atoms with E-state index in [4.69, 9.17) is 4.84 Å². The largest absolute Gasteiger partial charge is 0.481 e. The van der Waals surface area contributed by atoms with Crippen molar-refractivity contribution < 1.29 is 23.5 Å². The van der Waals surface area contributed by atoms with Crippen LogP contribution in [-0.4, -0.2) is 16.8 Å². The maximum Gasteiger partial charge on any atom is 0.311 e. The average molecular weight is 478 g/mol. The van der Waals surface area contributed by atoms with Gasteiger partial charge in [-0.1, -0.05) is 74.1 Å². The molecule has 35 heavy (non-hydrogen) atoms. The second-order valence-corrected chi connectivity index (χ2v) is 8.33. The first-order valence-electron chi connectivity index (χ1n) is 11.5. The van der Waals surface area contributed by atoms with Crippen molar-refractivity contribution in [3.63, 3.8) is 0 Å². The summed E-state index contributed by atoms with van der Waals surface area (Å²) >= 11 is 0. The van der Waals surface area contributed by atoms with E-state index in [1.54, 1.807) is 18.2 Å². The summed E-state index contributed by atoms with van der Waals surface area (Å²) in [4.78, 5) is 18.0. The third-order valence-electron chi connectivity index (χ3n) is 5.95. The van der Waals surface area contributed by atoms with E-state index in [1.165, 1.54) is 30.3 Å². The zero-order chi connectivity index (χ0) is 25.6. The molecule has 0 fully saturated rings. The van der Waals surface area contributed by atoms with E-state index >= 15 is 0 Å². The molecule has 0 aliphatic carbocycles. The van der Waals surface area contributed by atoms with Gasteiger partial charge in [-0.3, -0.25) is 4.79 Å². The SMILES string of the molecule is C=C(c1cccc(F)c1)[C@@H](Cc1ccccc1C1(C)CC(c2cccc(F)c2)=NO1)C(=O)O.CC. The molecule has 0 saturated carbocycles. The molecule has 4 nitrogen and oxygen atoms in total. The number of benzene rings is 3. The Morgan fingerprint density at radius 1 is 1.06 bits per heavy atom. The third kappa shape index (κ3) is 5.83. The van der Waals surface area contributed by atoms with Crippen LogP contribution in [-0.2, 0) is 21.7 Å². The topological polar surface area (TPSA) is 58.9 Å². The normalized spacial score (nSPS) is 17.5. The summed E-state index contributed by atoms with van der Waals surface area (Å²) in [7, 11) is 0. The van der Waals surface area contributed by atoms with Gasteiger partial charge < -0.3 is 9.94 Å². The van der Waals surface area contributed by atoms with Crippen molar-refractivity contribution in [3.05, 3.63) is 113 Å². The van der Waals surface area contributed by atoms with Crippen molar-refractivity contribution in [1.82, 2.24) is 0 Å². The van der Waals surface area contributed by atoms with Gasteiger partial charge in [0.05, 0.1) is 11.6 Å². The molecular formula is C29H29F2NO3. The van der Waals surface area contributed by atoms with Gasteiger partial charge in [-0.15, -0.1) is 0 Å². The Morgan fingerprint density at radius 2 is 1.71 bits per heavy atom. The van der Waals surface area contributed by atoms with Crippen LogP contribution in [0.15, 0.2) is 84.5 Å². The molecule has 3 aromatic rings. The second-order valence-electron chi connectivity index (χ2n) is 8.33. The van der Waals surface area contributed by atoms with Crippen molar-refractivity contribution in [2.24, 2.45) is 11.1 Å². The summed E-state index contributed by atoms with van der Waals surface area (Å²) in [5.74, 6) is -2.81. The molecule has 0 bridgehead atoms. The Labute approximate surface area is 204 Å². The fourth-order valence-electron chi connectivity index (χ4n) is 4.19. The van der Waals surface area contributed by atoms with Crippen LogP contribution in [0.4, 0.5) is 8.78 Å². The molecule has 1 aliphatic rings. The van der Waals surface area contributed by atoms with Gasteiger partial charge >= 0.3 is 5.97 Å². The summed E-state index contributed by atoms with van der Waals surface area (Å²) in [5, 5.41) is 14.1. The monoisotopic (exact) mass is 477 g/mol. The van der Waals surface area contributed by atoms with E-state index < -0.39 is 23.3 Å². The summed E-state index contributed by atoms with van der Waals surface area (Å²) in [6.45, 7) is 9.83. The molecule has 0 saturated heterocycles. The second kappa shape index (κ2) is 11.1. The first kappa shape index (κ1) is 25.8.